The Hall–Kier alpha value is -4.26. The van der Waals surface area contributed by atoms with Crippen LogP contribution in [0.2, 0.25) is 0 Å². The van der Waals surface area contributed by atoms with Gasteiger partial charge in [-0.05, 0) is 43.5 Å². The second-order valence-corrected chi connectivity index (χ2v) is 9.86. The maximum atomic E-state index is 13.3. The van der Waals surface area contributed by atoms with E-state index >= 15 is 0 Å². The molecule has 0 aliphatic carbocycles. The molecule has 0 saturated carbocycles. The van der Waals surface area contributed by atoms with E-state index in [0.29, 0.717) is 23.4 Å². The van der Waals surface area contributed by atoms with Gasteiger partial charge in [-0.2, -0.15) is 0 Å². The number of carbonyl (C=O) groups is 3. The summed E-state index contributed by atoms with van der Waals surface area (Å²) in [5.74, 6) is -0.240. The number of unbranched alkanes of at least 4 members (excludes halogenated alkanes) is 1. The number of benzene rings is 3. The molecule has 4 rings (SSSR count). The maximum Gasteiger partial charge on any atom is 0.347 e. The van der Waals surface area contributed by atoms with Crippen molar-refractivity contribution >= 4 is 23.5 Å². The molecule has 7 heteroatoms. The van der Waals surface area contributed by atoms with E-state index in [4.69, 9.17) is 9.73 Å². The topological polar surface area (TPSA) is 96.3 Å². The summed E-state index contributed by atoms with van der Waals surface area (Å²) < 4.78 is 5.57. The third-order valence-corrected chi connectivity index (χ3v) is 6.50. The highest BCUT2D eigenvalue weighted by atomic mass is 16.5. The Balaban J connectivity index is 1.49. The normalized spacial score (nSPS) is 15.3. The predicted molar refractivity (Wildman–Crippen MR) is 145 cm³/mol. The largest absolute Gasteiger partial charge is 0.478 e. The number of carboxylic acid groups (broad SMARTS) is 1. The lowest BCUT2D eigenvalue weighted by atomic mass is 10.0. The van der Waals surface area contributed by atoms with Gasteiger partial charge in [0.1, 0.15) is 11.6 Å². The molecular formula is C31H32N2O5. The zero-order chi connectivity index (χ0) is 27.3. The van der Waals surface area contributed by atoms with Crippen LogP contribution in [0.5, 0.6) is 5.75 Å². The Morgan fingerprint density at radius 1 is 0.974 bits per heavy atom. The van der Waals surface area contributed by atoms with Gasteiger partial charge in [0.05, 0.1) is 6.54 Å². The molecular weight excluding hydrogens is 480 g/mol. The van der Waals surface area contributed by atoms with E-state index in [1.807, 2.05) is 42.5 Å². The lowest BCUT2D eigenvalue weighted by molar-refractivity contribution is -0.152. The number of hydrogen-bond donors (Lipinski definition) is 1. The van der Waals surface area contributed by atoms with Crippen molar-refractivity contribution in [3.05, 3.63) is 101 Å². The lowest BCUT2D eigenvalue weighted by Gasteiger charge is -2.21. The Kier molecular flexibility index (Phi) is 8.05. The molecule has 38 heavy (non-hydrogen) atoms. The van der Waals surface area contributed by atoms with E-state index in [1.54, 1.807) is 41.3 Å². The van der Waals surface area contributed by atoms with E-state index in [0.717, 1.165) is 36.2 Å². The van der Waals surface area contributed by atoms with Crippen LogP contribution < -0.4 is 4.74 Å². The van der Waals surface area contributed by atoms with Crippen molar-refractivity contribution in [2.45, 2.75) is 58.2 Å². The van der Waals surface area contributed by atoms with Crippen molar-refractivity contribution in [1.82, 2.24) is 4.90 Å². The van der Waals surface area contributed by atoms with E-state index < -0.39 is 17.6 Å². The highest BCUT2D eigenvalue weighted by Gasteiger charge is 2.35. The molecule has 1 heterocycles. The number of aliphatic carboxylic acids is 1. The second-order valence-electron chi connectivity index (χ2n) is 9.86. The minimum atomic E-state index is -1.42. The average molecular weight is 513 g/mol. The van der Waals surface area contributed by atoms with Crippen LogP contribution in [-0.2, 0) is 16.1 Å². The zero-order valence-corrected chi connectivity index (χ0v) is 21.9. The molecule has 1 unspecified atom stereocenters. The third kappa shape index (κ3) is 5.99. The van der Waals surface area contributed by atoms with E-state index in [2.05, 4.69) is 6.92 Å². The van der Waals surface area contributed by atoms with E-state index in [1.165, 1.54) is 13.8 Å². The fraction of sp³-hybridized carbons (Fsp3) is 0.290. The molecule has 0 spiro atoms. The molecule has 1 amide bonds. The summed E-state index contributed by atoms with van der Waals surface area (Å²) in [4.78, 5) is 44.4. The van der Waals surface area contributed by atoms with E-state index in [9.17, 15) is 19.5 Å². The minimum absolute atomic E-state index is 0.0384. The van der Waals surface area contributed by atoms with Crippen molar-refractivity contribution in [1.29, 1.82) is 0 Å². The highest BCUT2D eigenvalue weighted by molar-refractivity contribution is 6.09. The van der Waals surface area contributed by atoms with Gasteiger partial charge < -0.3 is 9.84 Å². The first-order chi connectivity index (χ1) is 18.2. The maximum absolute atomic E-state index is 13.3. The number of amidine groups is 1. The molecule has 3 aromatic rings. The van der Waals surface area contributed by atoms with Crippen LogP contribution in [0, 0.1) is 0 Å². The number of amides is 1. The minimum Gasteiger partial charge on any atom is -0.478 e. The first-order valence-corrected chi connectivity index (χ1v) is 12.8. The number of rotatable bonds is 11. The number of carbonyl (C=O) groups excluding carboxylic acids is 2. The first-order valence-electron chi connectivity index (χ1n) is 12.8. The standard InChI is InChI=1S/C31H32N2O5/c1-4-5-14-26-32-27(22-10-7-6-8-11-22)29(35)33(26)20-21-15-17-23(18-16-21)28(34)24-12-9-13-25(19-24)38-31(2,3)30(36)37/h6-13,15-19,27H,4-5,14,20H2,1-3H3,(H,36,37). The van der Waals surface area contributed by atoms with Crippen LogP contribution in [0.15, 0.2) is 83.9 Å². The van der Waals surface area contributed by atoms with Gasteiger partial charge in [-0.3, -0.25) is 19.5 Å². The summed E-state index contributed by atoms with van der Waals surface area (Å²) in [5, 5.41) is 9.31. The lowest BCUT2D eigenvalue weighted by Crippen LogP contribution is -2.37. The van der Waals surface area contributed by atoms with Gasteiger partial charge in [0.25, 0.3) is 5.91 Å². The van der Waals surface area contributed by atoms with Crippen molar-refractivity contribution in [3.8, 4) is 5.75 Å². The third-order valence-electron chi connectivity index (χ3n) is 6.50. The molecule has 0 radical (unpaired) electrons. The van der Waals surface area contributed by atoms with Gasteiger partial charge in [0.2, 0.25) is 0 Å². The summed E-state index contributed by atoms with van der Waals surface area (Å²) in [6, 6.07) is 22.8. The Morgan fingerprint density at radius 3 is 2.34 bits per heavy atom. The second kappa shape index (κ2) is 11.4. The molecule has 1 atom stereocenters. The summed E-state index contributed by atoms with van der Waals surface area (Å²) in [6.45, 7) is 5.40. The summed E-state index contributed by atoms with van der Waals surface area (Å²) >= 11 is 0. The average Bonchev–Trinajstić information content (AvgIpc) is 3.22. The van der Waals surface area contributed by atoms with Gasteiger partial charge in [-0.1, -0.05) is 80.1 Å². The van der Waals surface area contributed by atoms with Gasteiger partial charge >= 0.3 is 5.97 Å². The van der Waals surface area contributed by atoms with Gasteiger partial charge in [0, 0.05) is 17.5 Å². The van der Waals surface area contributed by atoms with Crippen LogP contribution in [0.1, 0.15) is 73.1 Å². The number of carboxylic acids is 1. The van der Waals surface area contributed by atoms with Crippen molar-refractivity contribution < 1.29 is 24.2 Å². The monoisotopic (exact) mass is 512 g/mol. The zero-order valence-electron chi connectivity index (χ0n) is 21.9. The van der Waals surface area contributed by atoms with Crippen LogP contribution in [0.3, 0.4) is 0 Å². The quantitative estimate of drug-likeness (QED) is 0.326. The number of ketones is 1. The van der Waals surface area contributed by atoms with E-state index in [-0.39, 0.29) is 11.7 Å². The molecule has 196 valence electrons. The van der Waals surface area contributed by atoms with Crippen molar-refractivity contribution in [2.75, 3.05) is 0 Å². The Morgan fingerprint density at radius 2 is 1.68 bits per heavy atom. The molecule has 0 bridgehead atoms. The van der Waals surface area contributed by atoms with Crippen LogP contribution in [0.4, 0.5) is 0 Å². The van der Waals surface area contributed by atoms with Gasteiger partial charge in [-0.15, -0.1) is 0 Å². The van der Waals surface area contributed by atoms with Crippen molar-refractivity contribution in [3.63, 3.8) is 0 Å². The molecule has 0 fully saturated rings. The summed E-state index contributed by atoms with van der Waals surface area (Å²) in [5.41, 5.74) is 1.24. The molecule has 0 aromatic heterocycles. The summed E-state index contributed by atoms with van der Waals surface area (Å²) in [7, 11) is 0. The first kappa shape index (κ1) is 26.8. The molecule has 0 saturated heterocycles. The molecule has 1 aliphatic heterocycles. The van der Waals surface area contributed by atoms with Gasteiger partial charge in [0.15, 0.2) is 17.4 Å². The number of hydrogen-bond acceptors (Lipinski definition) is 5. The molecule has 3 aromatic carbocycles. The molecule has 1 aliphatic rings. The Bertz CT molecular complexity index is 1350. The molecule has 1 N–H and O–H groups in total. The fourth-order valence-corrected chi connectivity index (χ4v) is 4.25. The van der Waals surface area contributed by atoms with Crippen molar-refractivity contribution in [2.24, 2.45) is 4.99 Å². The number of aliphatic imine (C=N–C) groups is 1. The number of nitrogens with zero attached hydrogens (tertiary/aromatic N) is 2. The number of ether oxygens (including phenoxy) is 1. The van der Waals surface area contributed by atoms with Crippen LogP contribution in [-0.4, -0.2) is 39.1 Å². The van der Waals surface area contributed by atoms with Gasteiger partial charge in [-0.25, -0.2) is 4.79 Å². The predicted octanol–water partition coefficient (Wildman–Crippen LogP) is 5.83. The van der Waals surface area contributed by atoms with Crippen LogP contribution >= 0.6 is 0 Å². The Labute approximate surface area is 222 Å². The molecule has 7 nitrogen and oxygen atoms in total. The van der Waals surface area contributed by atoms with Crippen LogP contribution in [0.25, 0.3) is 0 Å². The smallest absolute Gasteiger partial charge is 0.347 e. The highest BCUT2D eigenvalue weighted by Crippen LogP contribution is 2.29. The summed E-state index contributed by atoms with van der Waals surface area (Å²) in [6.07, 6.45) is 2.69. The SMILES string of the molecule is CCCCC1=NC(c2ccccc2)C(=O)N1Cc1ccc(C(=O)c2cccc(OC(C)(C)C(=O)O)c2)cc1. The fourth-order valence-electron chi connectivity index (χ4n) is 4.25.